The van der Waals surface area contributed by atoms with Crippen molar-refractivity contribution < 1.29 is 27.1 Å². The molecule has 132 heavy (non-hydrogen) atoms. The number of fused-ring (bicyclic) bond motifs is 4. The highest BCUT2D eigenvalue weighted by Gasteiger charge is 2.39. The first-order valence-electron chi connectivity index (χ1n) is 49.7. The molecule has 0 amide bonds. The molecule has 0 saturated heterocycles. The van der Waals surface area contributed by atoms with Gasteiger partial charge in [-0.3, -0.25) is 0 Å². The molecule has 0 fully saturated rings. The highest BCUT2D eigenvalue weighted by atomic mass is 32.1. The third-order valence-electron chi connectivity index (χ3n) is 27.2. The minimum Gasteiger partial charge on any atom is -0.494 e. The lowest BCUT2D eigenvalue weighted by molar-refractivity contribution is 0.304. The number of unbranched alkanes of at least 4 members (excludes halogenated alkanes) is 16. The van der Waals surface area contributed by atoms with Crippen molar-refractivity contribution in [1.82, 2.24) is 19.9 Å². The minimum atomic E-state index is -1.95. The van der Waals surface area contributed by atoms with Gasteiger partial charge in [0, 0.05) is 101 Å². The second-order valence-electron chi connectivity index (χ2n) is 37.2. The van der Waals surface area contributed by atoms with Crippen molar-refractivity contribution in [2.75, 3.05) is 13.2 Å². The average Bonchev–Trinajstić information content (AvgIpc) is 1.55. The number of furan rings is 2. The number of aromatic nitrogens is 4. The second kappa shape index (κ2) is 44.6. The lowest BCUT2D eigenvalue weighted by atomic mass is 9.98. The van der Waals surface area contributed by atoms with Crippen molar-refractivity contribution in [3.8, 4) is 130 Å². The largest absolute Gasteiger partial charge is 0.494 e. The van der Waals surface area contributed by atoms with Gasteiger partial charge in [-0.2, -0.15) is 0 Å². The Morgan fingerprint density at radius 2 is 0.644 bits per heavy atom. The molecule has 0 N–H and O–H groups in total. The van der Waals surface area contributed by atoms with Gasteiger partial charge < -0.3 is 18.3 Å². The van der Waals surface area contributed by atoms with Crippen molar-refractivity contribution in [3.05, 3.63) is 228 Å². The van der Waals surface area contributed by atoms with E-state index in [0.29, 0.717) is 45.5 Å². The van der Waals surface area contributed by atoms with Gasteiger partial charge in [-0.25, -0.2) is 28.7 Å². The van der Waals surface area contributed by atoms with Crippen LogP contribution in [0.4, 0.5) is 8.78 Å². The van der Waals surface area contributed by atoms with Crippen molar-refractivity contribution in [1.29, 1.82) is 0 Å². The molecule has 16 rings (SSSR count). The normalized spacial score (nSPS) is 12.1. The van der Waals surface area contributed by atoms with Gasteiger partial charge >= 0.3 is 0 Å². The van der Waals surface area contributed by atoms with Gasteiger partial charge in [0.05, 0.1) is 68.7 Å². The van der Waals surface area contributed by atoms with Crippen LogP contribution in [-0.2, 0) is 0 Å². The molecule has 0 spiro atoms. The number of benzene rings is 8. The number of thiophene rings is 4. The van der Waals surface area contributed by atoms with Gasteiger partial charge in [-0.05, 0) is 158 Å². The Morgan fingerprint density at radius 3 is 1.08 bits per heavy atom. The zero-order valence-corrected chi connectivity index (χ0v) is 85.2. The van der Waals surface area contributed by atoms with Gasteiger partial charge in [0.1, 0.15) is 39.7 Å². The summed E-state index contributed by atoms with van der Waals surface area (Å²) < 4.78 is 66.8. The topological polar surface area (TPSA) is 96.3 Å². The lowest BCUT2D eigenvalue weighted by Gasteiger charge is -2.31. The Labute approximate surface area is 800 Å². The fourth-order valence-electron chi connectivity index (χ4n) is 19.8. The second-order valence-corrected chi connectivity index (χ2v) is 51.4. The number of aryl methyl sites for hydroxylation is 4. The Morgan fingerprint density at radius 1 is 0.303 bits per heavy atom. The van der Waals surface area contributed by atoms with E-state index < -0.39 is 27.8 Å². The highest BCUT2D eigenvalue weighted by Crippen LogP contribution is 2.53. The van der Waals surface area contributed by atoms with Crippen molar-refractivity contribution in [3.63, 3.8) is 0 Å². The summed E-state index contributed by atoms with van der Waals surface area (Å²) in [7, 11) is -3.90. The van der Waals surface area contributed by atoms with Gasteiger partial charge in [-0.1, -0.05) is 335 Å². The lowest BCUT2D eigenvalue weighted by Crippen LogP contribution is -2.45. The molecule has 0 aliphatic rings. The number of ether oxygens (including phenoxy) is 2. The van der Waals surface area contributed by atoms with Crippen LogP contribution < -0.4 is 18.5 Å². The number of hydrogen-bond acceptors (Lipinski definition) is 12. The van der Waals surface area contributed by atoms with E-state index in [4.69, 9.17) is 38.2 Å². The fraction of sp³-hybridized carbons (Fsp3) is 0.379. The maximum Gasteiger partial charge on any atom is 0.168 e. The summed E-state index contributed by atoms with van der Waals surface area (Å²) in [5, 5.41) is 2.09. The Hall–Kier alpha value is -9.79. The van der Waals surface area contributed by atoms with Crippen LogP contribution in [0.15, 0.2) is 203 Å². The van der Waals surface area contributed by atoms with Crippen LogP contribution in [0.25, 0.3) is 163 Å². The fourth-order valence-corrected chi connectivity index (χ4v) is 37.8. The molecule has 0 aliphatic carbocycles. The summed E-state index contributed by atoms with van der Waals surface area (Å²) in [6.07, 6.45) is 28.7. The Kier molecular flexibility index (Phi) is 32.2. The summed E-state index contributed by atoms with van der Waals surface area (Å²) in [5.74, 6) is 1.29. The van der Waals surface area contributed by atoms with E-state index in [1.807, 2.05) is 65.1 Å². The van der Waals surface area contributed by atoms with Gasteiger partial charge in [0.25, 0.3) is 0 Å². The van der Waals surface area contributed by atoms with Crippen molar-refractivity contribution >= 4 is 115 Å². The predicted octanol–water partition coefficient (Wildman–Crippen LogP) is 36.8. The van der Waals surface area contributed by atoms with Crippen LogP contribution in [0.5, 0.6) is 11.5 Å². The van der Waals surface area contributed by atoms with E-state index >= 15 is 8.78 Å². The van der Waals surface area contributed by atoms with Crippen LogP contribution in [0.2, 0.25) is 36.3 Å². The maximum absolute atomic E-state index is 17.7. The van der Waals surface area contributed by atoms with Gasteiger partial charge in [0.15, 0.2) is 11.6 Å². The summed E-state index contributed by atoms with van der Waals surface area (Å²) in [6, 6.07) is 75.6. The molecule has 0 atom stereocenters. The van der Waals surface area contributed by atoms with Crippen molar-refractivity contribution in [2.45, 2.75) is 273 Å². The molecule has 8 aromatic carbocycles. The molecular weight excluding hydrogens is 1740 g/mol. The van der Waals surface area contributed by atoms with Gasteiger partial charge in [0.2, 0.25) is 0 Å². The molecule has 0 bridgehead atoms. The average molecular weight is 1870 g/mol. The van der Waals surface area contributed by atoms with Crippen molar-refractivity contribution in [2.24, 2.45) is 0 Å². The smallest absolute Gasteiger partial charge is 0.168 e. The molecule has 0 radical (unpaired) electrons. The zero-order valence-electron chi connectivity index (χ0n) is 79.9. The summed E-state index contributed by atoms with van der Waals surface area (Å²) in [5.41, 5.74) is 19.2. The number of halogens is 2. The van der Waals surface area contributed by atoms with E-state index in [1.54, 1.807) is 21.1 Å². The third-order valence-corrected chi connectivity index (χ3v) is 44.8. The predicted molar refractivity (Wildman–Crippen MR) is 569 cm³/mol. The molecule has 0 unspecified atom stereocenters. The standard InChI is InChI=1S/C116H132F2N4O4S4Si2/c1-13-21-29-31-33-35-63-123-85-47-39-45-83(74-85)110-108(81-43-37-41-77(9)71-81)121-113-90(50-49-79(11)107(113)119-110)97-57-55-95(127-97)88-52-53-89(106(118)105(88)117)96-56-58-98(128-96)91-54-51-87(112-114(91)122-111(109(120-112)82-44-38-42-78(10)72-82)84-46-40-48-86(75-84)124-64-36-34-32-30-22-14-2)94-76-93-104(100-60-62-102(130-100)132(68-26-18-6,69-27-19-7)70-28-20-8)115-92(73-80(12)125-115)103(116(93)126-94)99-59-61-101(129-99)131(65-23-15-3,66-24-16-4)67-25-17-5/h37-62,71-76H,13-36,63-70H2,1-12H3. The van der Waals surface area contributed by atoms with Gasteiger partial charge in [-0.15, -0.1) is 45.3 Å². The molecule has 686 valence electrons. The maximum atomic E-state index is 17.7. The number of hydrogen-bond donors (Lipinski definition) is 0. The van der Waals surface area contributed by atoms with Crippen LogP contribution in [-0.4, -0.2) is 49.3 Å². The Balaban J connectivity index is 0.834. The van der Waals surface area contributed by atoms with Crippen LogP contribution in [0.3, 0.4) is 0 Å². The van der Waals surface area contributed by atoms with E-state index in [9.17, 15) is 0 Å². The SMILES string of the molecule is CCCCCCCCOc1cccc(-c2nc3c(C)ccc(-c4ccc(-c5ccc(-c6ccc(-c7ccc(-c8cc9c(-c%10ccc([Si](CCCC)(CCCC)CCCC)s%10)c%10oc(C)cc%10c(-c%10ccc([Si](CCCC)(CCCC)CCCC)s%10)c9o8)c8nc(-c9cccc(C)c9)c(-c9cccc(OCCCCCCCC)c9)nc78)s6)c(F)c5F)s4)c3nc2-c2cccc(C)c2)c1. The quantitative estimate of drug-likeness (QED) is 0.0275. The molecule has 0 aliphatic heterocycles. The van der Waals surface area contributed by atoms with Crippen LogP contribution in [0.1, 0.15) is 232 Å². The minimum absolute atomic E-state index is 0.169. The van der Waals surface area contributed by atoms with E-state index in [1.165, 1.54) is 197 Å². The molecule has 0 saturated carbocycles. The molecule has 8 aromatic heterocycles. The molecular formula is C116H132F2N4O4S4Si2. The first-order valence-corrected chi connectivity index (χ1v) is 58.2. The number of nitrogens with zero attached hydrogens (tertiary/aromatic N) is 4. The van der Waals surface area contributed by atoms with Crippen LogP contribution >= 0.6 is 45.3 Å². The van der Waals surface area contributed by atoms with E-state index in [2.05, 4.69) is 223 Å². The molecule has 16 aromatic rings. The molecule has 16 heteroatoms. The highest BCUT2D eigenvalue weighted by molar-refractivity contribution is 7.30. The first kappa shape index (κ1) is 95.4. The molecule has 8 nitrogen and oxygen atoms in total. The summed E-state index contributed by atoms with van der Waals surface area (Å²) >= 11 is 6.88. The zero-order chi connectivity index (χ0) is 91.8. The van der Waals surface area contributed by atoms with Crippen LogP contribution in [0, 0.1) is 39.3 Å². The first-order chi connectivity index (χ1) is 64.5. The third kappa shape index (κ3) is 21.0. The summed E-state index contributed by atoms with van der Waals surface area (Å²) in [6.45, 7) is 28.3. The number of rotatable bonds is 47. The monoisotopic (exact) mass is 1870 g/mol. The van der Waals surface area contributed by atoms with E-state index in [0.717, 1.165) is 170 Å². The van der Waals surface area contributed by atoms with E-state index in [-0.39, 0.29) is 11.1 Å². The molecule has 8 heterocycles. The summed E-state index contributed by atoms with van der Waals surface area (Å²) in [4.78, 5) is 28.3. The Bertz CT molecular complexity index is 6470.